The van der Waals surface area contributed by atoms with Gasteiger partial charge in [-0.3, -0.25) is 4.90 Å². The number of rotatable bonds is 4. The smallest absolute Gasteiger partial charge is 0.119 e. The second-order valence-electron chi connectivity index (χ2n) is 6.09. The fourth-order valence-corrected chi connectivity index (χ4v) is 3.37. The van der Waals surface area contributed by atoms with Gasteiger partial charge in [-0.1, -0.05) is 15.9 Å². The highest BCUT2D eigenvalue weighted by Gasteiger charge is 2.36. The molecule has 0 spiro atoms. The van der Waals surface area contributed by atoms with Crippen LogP contribution in [-0.2, 0) is 6.54 Å². The summed E-state index contributed by atoms with van der Waals surface area (Å²) < 4.78 is 6.52. The number of piperazine rings is 1. The first-order valence-electron chi connectivity index (χ1n) is 7.47. The van der Waals surface area contributed by atoms with Gasteiger partial charge in [-0.25, -0.2) is 0 Å². The predicted molar refractivity (Wildman–Crippen MR) is 85.1 cm³/mol. The number of ether oxygens (including phenoxy) is 1. The molecular formula is C16H23BrN2O. The van der Waals surface area contributed by atoms with Crippen LogP contribution < -0.4 is 10.1 Å². The Labute approximate surface area is 129 Å². The molecule has 20 heavy (non-hydrogen) atoms. The van der Waals surface area contributed by atoms with Crippen LogP contribution in [0.3, 0.4) is 0 Å². The topological polar surface area (TPSA) is 24.5 Å². The van der Waals surface area contributed by atoms with E-state index in [1.54, 1.807) is 7.11 Å². The van der Waals surface area contributed by atoms with Crippen LogP contribution in [0.4, 0.5) is 0 Å². The maximum absolute atomic E-state index is 5.34. The average Bonchev–Trinajstić information content (AvgIpc) is 3.28. The summed E-state index contributed by atoms with van der Waals surface area (Å²) in [4.78, 5) is 2.60. The largest absolute Gasteiger partial charge is 0.497 e. The van der Waals surface area contributed by atoms with Crippen LogP contribution in [0.1, 0.15) is 25.3 Å². The van der Waals surface area contributed by atoms with Crippen molar-refractivity contribution in [3.05, 3.63) is 28.2 Å². The van der Waals surface area contributed by atoms with Crippen LogP contribution in [0.15, 0.2) is 22.7 Å². The quantitative estimate of drug-likeness (QED) is 0.913. The number of hydrogen-bond acceptors (Lipinski definition) is 3. The van der Waals surface area contributed by atoms with Crippen LogP contribution >= 0.6 is 15.9 Å². The molecular weight excluding hydrogens is 316 g/mol. The van der Waals surface area contributed by atoms with Gasteiger partial charge in [0.05, 0.1) is 7.11 Å². The molecule has 2 atom stereocenters. The number of methoxy groups -OCH3 is 1. The third kappa shape index (κ3) is 3.18. The standard InChI is InChI=1S/C16H23BrN2O/c1-11-8-18-16(12-3-4-12)10-19(11)9-13-7-14(20-2)5-6-15(13)17/h5-7,11-12,16,18H,3-4,8-10H2,1-2H3. The Balaban J connectivity index is 1.71. The van der Waals surface area contributed by atoms with Crippen molar-refractivity contribution < 1.29 is 4.74 Å². The van der Waals surface area contributed by atoms with Crippen LogP contribution in [0, 0.1) is 5.92 Å². The first kappa shape index (κ1) is 14.4. The Morgan fingerprint density at radius 2 is 2.20 bits per heavy atom. The molecule has 0 radical (unpaired) electrons. The molecule has 2 unspecified atom stereocenters. The zero-order valence-corrected chi connectivity index (χ0v) is 13.8. The van der Waals surface area contributed by atoms with E-state index in [0.29, 0.717) is 12.1 Å². The third-order valence-electron chi connectivity index (χ3n) is 4.55. The molecule has 1 aromatic rings. The first-order valence-corrected chi connectivity index (χ1v) is 8.26. The molecule has 1 saturated carbocycles. The van der Waals surface area contributed by atoms with Crippen molar-refractivity contribution in [2.24, 2.45) is 5.92 Å². The summed E-state index contributed by atoms with van der Waals surface area (Å²) in [5, 5.41) is 3.71. The highest BCUT2D eigenvalue weighted by molar-refractivity contribution is 9.10. The van der Waals surface area contributed by atoms with Crippen LogP contribution in [0.2, 0.25) is 0 Å². The molecule has 1 aromatic carbocycles. The Morgan fingerprint density at radius 1 is 1.40 bits per heavy atom. The fourth-order valence-electron chi connectivity index (χ4n) is 3.00. The van der Waals surface area contributed by atoms with Crippen LogP contribution in [0.25, 0.3) is 0 Å². The molecule has 1 aliphatic carbocycles. The maximum Gasteiger partial charge on any atom is 0.119 e. The molecule has 3 rings (SSSR count). The summed E-state index contributed by atoms with van der Waals surface area (Å²) in [6.07, 6.45) is 2.81. The second-order valence-corrected chi connectivity index (χ2v) is 6.94. The van der Waals surface area contributed by atoms with E-state index in [-0.39, 0.29) is 0 Å². The Bertz CT molecular complexity index is 476. The highest BCUT2D eigenvalue weighted by Crippen LogP contribution is 2.35. The molecule has 2 aliphatic rings. The molecule has 0 aromatic heterocycles. The Hall–Kier alpha value is -0.580. The molecule has 0 amide bonds. The molecule has 1 aliphatic heterocycles. The molecule has 0 bridgehead atoms. The van der Waals surface area contributed by atoms with Crippen molar-refractivity contribution in [3.8, 4) is 5.75 Å². The van der Waals surface area contributed by atoms with Crippen LogP contribution in [-0.4, -0.2) is 37.2 Å². The minimum absolute atomic E-state index is 0.586. The second kappa shape index (κ2) is 6.04. The summed E-state index contributed by atoms with van der Waals surface area (Å²) >= 11 is 3.66. The van der Waals surface area contributed by atoms with E-state index in [4.69, 9.17) is 4.74 Å². The Kier molecular flexibility index (Phi) is 4.34. The molecule has 1 saturated heterocycles. The molecule has 1 heterocycles. The average molecular weight is 339 g/mol. The van der Waals surface area contributed by atoms with Gasteiger partial charge in [0, 0.05) is 36.2 Å². The lowest BCUT2D eigenvalue weighted by atomic mass is 10.0. The van der Waals surface area contributed by atoms with E-state index in [0.717, 1.165) is 31.3 Å². The zero-order valence-electron chi connectivity index (χ0n) is 12.2. The lowest BCUT2D eigenvalue weighted by molar-refractivity contribution is 0.125. The zero-order chi connectivity index (χ0) is 14.1. The highest BCUT2D eigenvalue weighted by atomic mass is 79.9. The van der Waals surface area contributed by atoms with Crippen molar-refractivity contribution in [3.63, 3.8) is 0 Å². The SMILES string of the molecule is COc1ccc(Br)c(CN2CC(C3CC3)NCC2C)c1. The molecule has 1 N–H and O–H groups in total. The lowest BCUT2D eigenvalue weighted by Gasteiger charge is -2.39. The van der Waals surface area contributed by atoms with Crippen molar-refractivity contribution in [1.82, 2.24) is 10.2 Å². The molecule has 3 nitrogen and oxygen atoms in total. The third-order valence-corrected chi connectivity index (χ3v) is 5.32. The van der Waals surface area contributed by atoms with E-state index < -0.39 is 0 Å². The van der Waals surface area contributed by atoms with E-state index in [1.807, 2.05) is 6.07 Å². The number of halogens is 1. The van der Waals surface area contributed by atoms with E-state index in [2.05, 4.69) is 45.2 Å². The van der Waals surface area contributed by atoms with Gasteiger partial charge < -0.3 is 10.1 Å². The van der Waals surface area contributed by atoms with Crippen molar-refractivity contribution in [1.29, 1.82) is 0 Å². The van der Waals surface area contributed by atoms with Gasteiger partial charge in [-0.15, -0.1) is 0 Å². The van der Waals surface area contributed by atoms with Gasteiger partial charge in [0.25, 0.3) is 0 Å². The number of benzene rings is 1. The minimum Gasteiger partial charge on any atom is -0.497 e. The summed E-state index contributed by atoms with van der Waals surface area (Å²) in [6, 6.07) is 7.50. The van der Waals surface area contributed by atoms with Gasteiger partial charge in [0.1, 0.15) is 5.75 Å². The molecule has 110 valence electrons. The first-order chi connectivity index (χ1) is 9.67. The maximum atomic E-state index is 5.34. The normalized spacial score (nSPS) is 27.6. The molecule has 4 heteroatoms. The van der Waals surface area contributed by atoms with Gasteiger partial charge in [-0.2, -0.15) is 0 Å². The van der Waals surface area contributed by atoms with Gasteiger partial charge >= 0.3 is 0 Å². The van der Waals surface area contributed by atoms with Gasteiger partial charge in [-0.05, 0) is 49.4 Å². The molecule has 2 fully saturated rings. The summed E-state index contributed by atoms with van der Waals surface area (Å²) in [5.74, 6) is 1.85. The number of hydrogen-bond donors (Lipinski definition) is 1. The summed E-state index contributed by atoms with van der Waals surface area (Å²) in [7, 11) is 1.73. The Morgan fingerprint density at radius 3 is 2.90 bits per heavy atom. The number of nitrogens with zero attached hydrogens (tertiary/aromatic N) is 1. The van der Waals surface area contributed by atoms with Crippen molar-refractivity contribution in [2.45, 2.75) is 38.4 Å². The van der Waals surface area contributed by atoms with Crippen molar-refractivity contribution >= 4 is 15.9 Å². The minimum atomic E-state index is 0.586. The van der Waals surface area contributed by atoms with Crippen LogP contribution in [0.5, 0.6) is 5.75 Å². The summed E-state index contributed by atoms with van der Waals surface area (Å²) in [5.41, 5.74) is 1.31. The van der Waals surface area contributed by atoms with Gasteiger partial charge in [0.2, 0.25) is 0 Å². The fraction of sp³-hybridized carbons (Fsp3) is 0.625. The van der Waals surface area contributed by atoms with Crippen molar-refractivity contribution in [2.75, 3.05) is 20.2 Å². The summed E-state index contributed by atoms with van der Waals surface area (Å²) in [6.45, 7) is 5.56. The lowest BCUT2D eigenvalue weighted by Crippen LogP contribution is -2.55. The number of nitrogens with one attached hydrogen (secondary N) is 1. The predicted octanol–water partition coefficient (Wildman–Crippen LogP) is 3.03. The van der Waals surface area contributed by atoms with E-state index in [9.17, 15) is 0 Å². The van der Waals surface area contributed by atoms with E-state index in [1.165, 1.54) is 22.9 Å². The van der Waals surface area contributed by atoms with Gasteiger partial charge in [0.15, 0.2) is 0 Å². The van der Waals surface area contributed by atoms with E-state index >= 15 is 0 Å². The monoisotopic (exact) mass is 338 g/mol.